The maximum atomic E-state index is 12.8. The van der Waals surface area contributed by atoms with Gasteiger partial charge in [-0.25, -0.2) is 14.4 Å². The average Bonchev–Trinajstić information content (AvgIpc) is 3.09. The zero-order chi connectivity index (χ0) is 16.1. The monoisotopic (exact) mass is 312 g/mol. The molecule has 1 aromatic carbocycles. The minimum atomic E-state index is -0.319. The molecule has 6 nitrogen and oxygen atoms in total. The van der Waals surface area contributed by atoms with E-state index in [0.29, 0.717) is 29.5 Å². The Bertz CT molecular complexity index is 771. The Balaban J connectivity index is 1.59. The molecule has 3 aromatic rings. The zero-order valence-corrected chi connectivity index (χ0v) is 12.0. The lowest BCUT2D eigenvalue weighted by Gasteiger charge is -2.06. The number of halogens is 1. The van der Waals surface area contributed by atoms with Crippen LogP contribution in [0.2, 0.25) is 0 Å². The van der Waals surface area contributed by atoms with Crippen LogP contribution >= 0.6 is 0 Å². The van der Waals surface area contributed by atoms with E-state index in [1.807, 2.05) is 0 Å². The minimum Gasteiger partial charge on any atom is -0.467 e. The lowest BCUT2D eigenvalue weighted by Crippen LogP contribution is -2.22. The predicted molar refractivity (Wildman–Crippen MR) is 81.6 cm³/mol. The molecule has 0 spiro atoms. The summed E-state index contributed by atoms with van der Waals surface area (Å²) in [4.78, 5) is 20.1. The van der Waals surface area contributed by atoms with Crippen LogP contribution in [0.25, 0.3) is 0 Å². The van der Waals surface area contributed by atoms with Crippen molar-refractivity contribution in [1.29, 1.82) is 0 Å². The number of hydrogen-bond donors (Lipinski definition) is 2. The number of amides is 1. The molecule has 0 aliphatic heterocycles. The van der Waals surface area contributed by atoms with E-state index < -0.39 is 0 Å². The highest BCUT2D eigenvalue weighted by molar-refractivity contribution is 5.93. The van der Waals surface area contributed by atoms with Gasteiger partial charge in [-0.15, -0.1) is 0 Å². The molecule has 0 saturated heterocycles. The Hall–Kier alpha value is -3.22. The van der Waals surface area contributed by atoms with Gasteiger partial charge in [-0.2, -0.15) is 0 Å². The molecule has 7 heteroatoms. The quantitative estimate of drug-likeness (QED) is 0.757. The molecule has 2 N–H and O–H groups in total. The fourth-order valence-corrected chi connectivity index (χ4v) is 1.85. The maximum Gasteiger partial charge on any atom is 0.254 e. The molecule has 0 unspecified atom stereocenters. The van der Waals surface area contributed by atoms with Crippen LogP contribution in [-0.2, 0) is 6.54 Å². The number of aromatic nitrogens is 2. The van der Waals surface area contributed by atoms with Gasteiger partial charge in [0.2, 0.25) is 5.95 Å². The first-order chi connectivity index (χ1) is 11.2. The number of hydrogen-bond acceptors (Lipinski definition) is 5. The third kappa shape index (κ3) is 3.91. The summed E-state index contributed by atoms with van der Waals surface area (Å²) in [6.07, 6.45) is 4.37. The summed E-state index contributed by atoms with van der Waals surface area (Å²) < 4.78 is 18.0. The van der Waals surface area contributed by atoms with Crippen LogP contribution in [0.15, 0.2) is 59.5 Å². The highest BCUT2D eigenvalue weighted by Gasteiger charge is 2.08. The summed E-state index contributed by atoms with van der Waals surface area (Å²) in [5.74, 6) is 0.364. The fraction of sp³-hybridized carbons (Fsp3) is 0.0625. The molecule has 0 aliphatic rings. The number of rotatable bonds is 5. The number of furan rings is 1. The van der Waals surface area contributed by atoms with E-state index in [0.717, 1.165) is 0 Å². The molecule has 23 heavy (non-hydrogen) atoms. The van der Waals surface area contributed by atoms with Gasteiger partial charge >= 0.3 is 0 Å². The van der Waals surface area contributed by atoms with Crippen molar-refractivity contribution in [2.45, 2.75) is 6.54 Å². The van der Waals surface area contributed by atoms with Gasteiger partial charge in [0.1, 0.15) is 11.6 Å². The molecular formula is C16H13FN4O2. The van der Waals surface area contributed by atoms with Crippen molar-refractivity contribution in [2.75, 3.05) is 5.32 Å². The second-order valence-electron chi connectivity index (χ2n) is 4.69. The molecule has 0 aliphatic carbocycles. The maximum absolute atomic E-state index is 12.8. The summed E-state index contributed by atoms with van der Waals surface area (Å²) in [5, 5.41) is 5.62. The lowest BCUT2D eigenvalue weighted by atomic mass is 10.3. The van der Waals surface area contributed by atoms with E-state index in [2.05, 4.69) is 20.6 Å². The second-order valence-corrected chi connectivity index (χ2v) is 4.69. The van der Waals surface area contributed by atoms with Crippen molar-refractivity contribution in [1.82, 2.24) is 15.3 Å². The third-order valence-electron chi connectivity index (χ3n) is 3.02. The standard InChI is InChI=1S/C16H13FN4O2/c17-12-3-5-13(6-4-12)21-16-19-8-11(9-20-16)15(22)18-10-14-2-1-7-23-14/h1-9H,10H2,(H,18,22)(H,19,20,21). The average molecular weight is 312 g/mol. The van der Waals surface area contributed by atoms with E-state index >= 15 is 0 Å². The van der Waals surface area contributed by atoms with Crippen molar-refractivity contribution in [3.8, 4) is 0 Å². The Kier molecular flexibility index (Phi) is 4.28. The van der Waals surface area contributed by atoms with Crippen molar-refractivity contribution in [3.63, 3.8) is 0 Å². The Morgan fingerprint density at radius 3 is 2.52 bits per heavy atom. The number of anilines is 2. The molecule has 2 heterocycles. The molecule has 1 amide bonds. The first-order valence-corrected chi connectivity index (χ1v) is 6.86. The van der Waals surface area contributed by atoms with Crippen LogP contribution in [0.3, 0.4) is 0 Å². The Morgan fingerprint density at radius 2 is 1.87 bits per heavy atom. The Morgan fingerprint density at radius 1 is 1.13 bits per heavy atom. The molecule has 3 rings (SSSR count). The van der Waals surface area contributed by atoms with Gasteiger partial charge in [-0.05, 0) is 36.4 Å². The van der Waals surface area contributed by atoms with Crippen LogP contribution in [0.1, 0.15) is 16.1 Å². The number of nitrogens with zero attached hydrogens (tertiary/aromatic N) is 2. The van der Waals surface area contributed by atoms with Gasteiger partial charge < -0.3 is 15.1 Å². The van der Waals surface area contributed by atoms with Crippen LogP contribution in [0, 0.1) is 5.82 Å². The topological polar surface area (TPSA) is 80.0 Å². The van der Waals surface area contributed by atoms with Crippen molar-refractivity contribution in [2.24, 2.45) is 0 Å². The largest absolute Gasteiger partial charge is 0.467 e. The normalized spacial score (nSPS) is 10.3. The minimum absolute atomic E-state index is 0.293. The van der Waals surface area contributed by atoms with E-state index in [1.165, 1.54) is 24.5 Å². The van der Waals surface area contributed by atoms with E-state index in [-0.39, 0.29) is 11.7 Å². The number of carbonyl (C=O) groups excluding carboxylic acids is 1. The van der Waals surface area contributed by atoms with Crippen molar-refractivity contribution < 1.29 is 13.6 Å². The van der Waals surface area contributed by atoms with E-state index in [4.69, 9.17) is 4.42 Å². The van der Waals surface area contributed by atoms with Crippen molar-refractivity contribution in [3.05, 3.63) is 72.2 Å². The predicted octanol–water partition coefficient (Wildman–Crippen LogP) is 2.88. The van der Waals surface area contributed by atoms with Crippen LogP contribution < -0.4 is 10.6 Å². The summed E-state index contributed by atoms with van der Waals surface area (Å²) in [5.41, 5.74) is 0.989. The van der Waals surface area contributed by atoms with Crippen LogP contribution in [-0.4, -0.2) is 15.9 Å². The fourth-order valence-electron chi connectivity index (χ4n) is 1.85. The summed E-state index contributed by atoms with van der Waals surface area (Å²) in [6.45, 7) is 0.293. The van der Waals surface area contributed by atoms with Gasteiger partial charge in [0.05, 0.1) is 18.4 Å². The van der Waals surface area contributed by atoms with E-state index in [1.54, 1.807) is 30.5 Å². The van der Waals surface area contributed by atoms with E-state index in [9.17, 15) is 9.18 Å². The molecule has 116 valence electrons. The zero-order valence-electron chi connectivity index (χ0n) is 12.0. The molecular weight excluding hydrogens is 299 g/mol. The highest BCUT2D eigenvalue weighted by atomic mass is 19.1. The molecule has 2 aromatic heterocycles. The van der Waals surface area contributed by atoms with Gasteiger partial charge in [0, 0.05) is 18.1 Å². The molecule has 0 saturated carbocycles. The van der Waals surface area contributed by atoms with Gasteiger partial charge in [0.25, 0.3) is 5.91 Å². The number of benzene rings is 1. The highest BCUT2D eigenvalue weighted by Crippen LogP contribution is 2.13. The van der Waals surface area contributed by atoms with Gasteiger partial charge in [0.15, 0.2) is 0 Å². The Labute approximate surface area is 131 Å². The smallest absolute Gasteiger partial charge is 0.254 e. The summed E-state index contributed by atoms with van der Waals surface area (Å²) >= 11 is 0. The first-order valence-electron chi connectivity index (χ1n) is 6.86. The van der Waals surface area contributed by atoms with Crippen molar-refractivity contribution >= 4 is 17.5 Å². The van der Waals surface area contributed by atoms with Crippen LogP contribution in [0.5, 0.6) is 0 Å². The molecule has 0 fully saturated rings. The number of carbonyl (C=O) groups is 1. The summed E-state index contributed by atoms with van der Waals surface area (Å²) in [6, 6.07) is 9.33. The summed E-state index contributed by atoms with van der Waals surface area (Å²) in [7, 11) is 0. The molecule has 0 atom stereocenters. The molecule has 0 radical (unpaired) electrons. The second kappa shape index (κ2) is 6.69. The molecule has 0 bridgehead atoms. The first kappa shape index (κ1) is 14.7. The SMILES string of the molecule is O=C(NCc1ccco1)c1cnc(Nc2ccc(F)cc2)nc1. The third-order valence-corrected chi connectivity index (χ3v) is 3.02. The van der Waals surface area contributed by atoms with Crippen LogP contribution in [0.4, 0.5) is 16.0 Å². The number of nitrogens with one attached hydrogen (secondary N) is 2. The van der Waals surface area contributed by atoms with Gasteiger partial charge in [-0.1, -0.05) is 0 Å². The van der Waals surface area contributed by atoms with Gasteiger partial charge in [-0.3, -0.25) is 4.79 Å². The lowest BCUT2D eigenvalue weighted by molar-refractivity contribution is 0.0947.